The van der Waals surface area contributed by atoms with Gasteiger partial charge in [-0.3, -0.25) is 4.79 Å². The van der Waals surface area contributed by atoms with E-state index >= 15 is 0 Å². The Balaban J connectivity index is 1.96. The van der Waals surface area contributed by atoms with E-state index in [9.17, 15) is 4.79 Å². The van der Waals surface area contributed by atoms with Gasteiger partial charge in [-0.2, -0.15) is 0 Å². The standard InChI is InChI=1S/C19H20N4O3/c1-13-7-6-8-14(11-13)23-16(12-25-2)18(21-22-23)19(24)20-15-9-4-5-10-17(15)26-3/h4-11H,12H2,1-3H3,(H,20,24). The fraction of sp³-hybridized carbons (Fsp3) is 0.211. The smallest absolute Gasteiger partial charge is 0.278 e. The fourth-order valence-electron chi connectivity index (χ4n) is 2.64. The van der Waals surface area contributed by atoms with Crippen LogP contribution in [0.15, 0.2) is 48.5 Å². The molecule has 0 bridgehead atoms. The van der Waals surface area contributed by atoms with E-state index in [2.05, 4.69) is 15.6 Å². The first-order valence-corrected chi connectivity index (χ1v) is 8.09. The largest absolute Gasteiger partial charge is 0.495 e. The first-order chi connectivity index (χ1) is 12.6. The van der Waals surface area contributed by atoms with Gasteiger partial charge < -0.3 is 14.8 Å². The molecule has 7 heteroatoms. The molecule has 0 spiro atoms. The van der Waals surface area contributed by atoms with Crippen molar-refractivity contribution in [3.05, 3.63) is 65.5 Å². The van der Waals surface area contributed by atoms with E-state index in [-0.39, 0.29) is 18.2 Å². The Morgan fingerprint density at radius 2 is 1.96 bits per heavy atom. The maximum absolute atomic E-state index is 12.8. The molecule has 3 aromatic rings. The van der Waals surface area contributed by atoms with Gasteiger partial charge in [-0.1, -0.05) is 29.5 Å². The molecule has 7 nitrogen and oxygen atoms in total. The first kappa shape index (κ1) is 17.6. The SMILES string of the molecule is COCc1c(C(=O)Nc2ccccc2OC)nnn1-c1cccc(C)c1. The highest BCUT2D eigenvalue weighted by atomic mass is 16.5. The Hall–Kier alpha value is -3.19. The monoisotopic (exact) mass is 352 g/mol. The molecular formula is C19H20N4O3. The zero-order chi connectivity index (χ0) is 18.5. The average Bonchev–Trinajstić information content (AvgIpc) is 3.06. The molecule has 0 aliphatic rings. The van der Waals surface area contributed by atoms with Crippen LogP contribution >= 0.6 is 0 Å². The van der Waals surface area contributed by atoms with Gasteiger partial charge >= 0.3 is 0 Å². The minimum atomic E-state index is -0.375. The van der Waals surface area contributed by atoms with Crippen LogP contribution in [-0.4, -0.2) is 35.1 Å². The molecule has 0 unspecified atom stereocenters. The third-order valence-corrected chi connectivity index (χ3v) is 3.86. The fourth-order valence-corrected chi connectivity index (χ4v) is 2.64. The summed E-state index contributed by atoms with van der Waals surface area (Å²) >= 11 is 0. The predicted octanol–water partition coefficient (Wildman–Crippen LogP) is 2.98. The highest BCUT2D eigenvalue weighted by Gasteiger charge is 2.21. The number of nitrogens with zero attached hydrogens (tertiary/aromatic N) is 3. The predicted molar refractivity (Wildman–Crippen MR) is 97.8 cm³/mol. The van der Waals surface area contributed by atoms with Crippen molar-refractivity contribution < 1.29 is 14.3 Å². The number of nitrogens with one attached hydrogen (secondary N) is 1. The van der Waals surface area contributed by atoms with Crippen molar-refractivity contribution in [2.75, 3.05) is 19.5 Å². The van der Waals surface area contributed by atoms with Gasteiger partial charge in [0.2, 0.25) is 0 Å². The van der Waals surface area contributed by atoms with E-state index in [1.165, 1.54) is 0 Å². The van der Waals surface area contributed by atoms with Gasteiger partial charge in [0.15, 0.2) is 5.69 Å². The van der Waals surface area contributed by atoms with Crippen LogP contribution in [0.2, 0.25) is 0 Å². The normalized spacial score (nSPS) is 10.6. The molecule has 134 valence electrons. The number of ether oxygens (including phenoxy) is 2. The van der Waals surface area contributed by atoms with Gasteiger partial charge in [0, 0.05) is 7.11 Å². The summed E-state index contributed by atoms with van der Waals surface area (Å²) in [5, 5.41) is 11.0. The van der Waals surface area contributed by atoms with E-state index in [1.54, 1.807) is 31.0 Å². The molecule has 0 saturated carbocycles. The lowest BCUT2D eigenvalue weighted by Gasteiger charge is -2.10. The molecular weight excluding hydrogens is 332 g/mol. The van der Waals surface area contributed by atoms with Gasteiger partial charge in [0.1, 0.15) is 11.4 Å². The molecule has 0 aliphatic carbocycles. The van der Waals surface area contributed by atoms with Gasteiger partial charge in [-0.15, -0.1) is 5.10 Å². The molecule has 1 heterocycles. The van der Waals surface area contributed by atoms with E-state index < -0.39 is 0 Å². The number of carbonyl (C=O) groups excluding carboxylic acids is 1. The van der Waals surface area contributed by atoms with Crippen LogP contribution in [0.4, 0.5) is 5.69 Å². The highest BCUT2D eigenvalue weighted by Crippen LogP contribution is 2.24. The lowest BCUT2D eigenvalue weighted by atomic mass is 10.2. The van der Waals surface area contributed by atoms with Crippen molar-refractivity contribution >= 4 is 11.6 Å². The zero-order valence-corrected chi connectivity index (χ0v) is 14.9. The number of rotatable bonds is 6. The van der Waals surface area contributed by atoms with Crippen molar-refractivity contribution in [2.45, 2.75) is 13.5 Å². The molecule has 0 fully saturated rings. The quantitative estimate of drug-likeness (QED) is 0.738. The van der Waals surface area contributed by atoms with Crippen LogP contribution in [0, 0.1) is 6.92 Å². The number of hydrogen-bond acceptors (Lipinski definition) is 5. The van der Waals surface area contributed by atoms with Crippen molar-refractivity contribution in [1.82, 2.24) is 15.0 Å². The lowest BCUT2D eigenvalue weighted by Crippen LogP contribution is -2.16. The second-order valence-corrected chi connectivity index (χ2v) is 5.72. The van der Waals surface area contributed by atoms with E-state index in [0.29, 0.717) is 17.1 Å². The first-order valence-electron chi connectivity index (χ1n) is 8.09. The molecule has 0 saturated heterocycles. The maximum Gasteiger partial charge on any atom is 0.278 e. The number of carbonyl (C=O) groups is 1. The third kappa shape index (κ3) is 3.57. The van der Waals surface area contributed by atoms with Gasteiger partial charge in [-0.25, -0.2) is 4.68 Å². The number of benzene rings is 2. The Morgan fingerprint density at radius 3 is 2.69 bits per heavy atom. The van der Waals surface area contributed by atoms with Crippen LogP contribution < -0.4 is 10.1 Å². The molecule has 0 radical (unpaired) electrons. The summed E-state index contributed by atoms with van der Waals surface area (Å²) in [4.78, 5) is 12.8. The van der Waals surface area contributed by atoms with Gasteiger partial charge in [0.05, 0.1) is 25.1 Å². The molecule has 0 aliphatic heterocycles. The summed E-state index contributed by atoms with van der Waals surface area (Å²) in [6.07, 6.45) is 0. The highest BCUT2D eigenvalue weighted by molar-refractivity contribution is 6.04. The Labute approximate surface area is 151 Å². The Bertz CT molecular complexity index is 921. The van der Waals surface area contributed by atoms with E-state index in [1.807, 2.05) is 43.3 Å². The van der Waals surface area contributed by atoms with Crippen LogP contribution in [0.5, 0.6) is 5.75 Å². The molecule has 1 aromatic heterocycles. The number of aromatic nitrogens is 3. The number of amides is 1. The number of hydrogen-bond donors (Lipinski definition) is 1. The van der Waals surface area contributed by atoms with Crippen LogP contribution in [0.25, 0.3) is 5.69 Å². The van der Waals surface area contributed by atoms with Gasteiger partial charge in [0.25, 0.3) is 5.91 Å². The minimum Gasteiger partial charge on any atom is -0.495 e. The number of anilines is 1. The maximum atomic E-state index is 12.8. The summed E-state index contributed by atoms with van der Waals surface area (Å²) in [6, 6.07) is 15.0. The molecule has 0 atom stereocenters. The summed E-state index contributed by atoms with van der Waals surface area (Å²) in [5.41, 5.74) is 3.25. The average molecular weight is 352 g/mol. The van der Waals surface area contributed by atoms with Crippen molar-refractivity contribution in [3.8, 4) is 11.4 Å². The second-order valence-electron chi connectivity index (χ2n) is 5.72. The van der Waals surface area contributed by atoms with Crippen LogP contribution in [0.1, 0.15) is 21.7 Å². The summed E-state index contributed by atoms with van der Waals surface area (Å²) < 4.78 is 12.1. The summed E-state index contributed by atoms with van der Waals surface area (Å²) in [5.74, 6) is 0.195. The molecule has 3 rings (SSSR count). The van der Waals surface area contributed by atoms with Crippen LogP contribution in [0.3, 0.4) is 0 Å². The number of methoxy groups -OCH3 is 2. The Kier molecular flexibility index (Phi) is 5.28. The van der Waals surface area contributed by atoms with Gasteiger partial charge in [-0.05, 0) is 36.8 Å². The van der Waals surface area contributed by atoms with Crippen molar-refractivity contribution in [3.63, 3.8) is 0 Å². The second kappa shape index (κ2) is 7.79. The number of para-hydroxylation sites is 2. The molecule has 2 aromatic carbocycles. The lowest BCUT2D eigenvalue weighted by molar-refractivity contribution is 0.101. The van der Waals surface area contributed by atoms with E-state index in [0.717, 1.165) is 11.3 Å². The van der Waals surface area contributed by atoms with Crippen molar-refractivity contribution in [1.29, 1.82) is 0 Å². The molecule has 26 heavy (non-hydrogen) atoms. The zero-order valence-electron chi connectivity index (χ0n) is 14.9. The Morgan fingerprint density at radius 1 is 1.15 bits per heavy atom. The number of aryl methyl sites for hydroxylation is 1. The molecule has 1 amide bonds. The van der Waals surface area contributed by atoms with Crippen LogP contribution in [-0.2, 0) is 11.3 Å². The van der Waals surface area contributed by atoms with Crippen molar-refractivity contribution in [2.24, 2.45) is 0 Å². The third-order valence-electron chi connectivity index (χ3n) is 3.86. The van der Waals surface area contributed by atoms with E-state index in [4.69, 9.17) is 9.47 Å². The summed E-state index contributed by atoms with van der Waals surface area (Å²) in [7, 11) is 3.12. The minimum absolute atomic E-state index is 0.204. The topological polar surface area (TPSA) is 78.3 Å². The molecule has 1 N–H and O–H groups in total. The summed E-state index contributed by atoms with van der Waals surface area (Å²) in [6.45, 7) is 2.20.